The van der Waals surface area contributed by atoms with Gasteiger partial charge in [-0.05, 0) is 31.9 Å². The topological polar surface area (TPSA) is 82.5 Å². The van der Waals surface area contributed by atoms with E-state index in [0.717, 1.165) is 24.9 Å². The van der Waals surface area contributed by atoms with Crippen molar-refractivity contribution in [1.82, 2.24) is 19.9 Å². The Morgan fingerprint density at radius 3 is 2.77 bits per heavy atom. The Hall–Kier alpha value is -2.61. The number of hydrogen-bond donors (Lipinski definition) is 1. The fourth-order valence-corrected chi connectivity index (χ4v) is 3.20. The van der Waals surface area contributed by atoms with Crippen LogP contribution < -0.4 is 4.90 Å². The molecule has 3 heterocycles. The van der Waals surface area contributed by atoms with Crippen LogP contribution in [0.3, 0.4) is 0 Å². The van der Waals surface area contributed by atoms with Gasteiger partial charge in [0.25, 0.3) is 5.91 Å². The lowest BCUT2D eigenvalue weighted by Gasteiger charge is -2.41. The number of pyridine rings is 1. The molecule has 2 aromatic heterocycles. The first kappa shape index (κ1) is 18.2. The molecule has 1 N–H and O–H groups in total. The van der Waals surface area contributed by atoms with Gasteiger partial charge >= 0.3 is 0 Å². The molecule has 1 atom stereocenters. The summed E-state index contributed by atoms with van der Waals surface area (Å²) in [5.74, 6) is -0.0728. The Labute approximate surface area is 151 Å². The number of halogens is 1. The molecule has 0 radical (unpaired) electrons. The number of aryl methyl sites for hydroxylation is 1. The van der Waals surface area contributed by atoms with Gasteiger partial charge in [0.2, 0.25) is 0 Å². The van der Waals surface area contributed by atoms with E-state index in [0.29, 0.717) is 18.8 Å². The van der Waals surface area contributed by atoms with Crippen molar-refractivity contribution in [3.63, 3.8) is 0 Å². The number of aliphatic hydroxyl groups is 1. The Kier molecular flexibility index (Phi) is 5.13. The quantitative estimate of drug-likeness (QED) is 0.889. The maximum atomic E-state index is 13.1. The number of anilines is 1. The van der Waals surface area contributed by atoms with Crippen LogP contribution >= 0.6 is 0 Å². The number of likely N-dealkylation sites (N-methyl/N-ethyl adjacent to an activating group) is 1. The van der Waals surface area contributed by atoms with E-state index in [9.17, 15) is 14.3 Å². The van der Waals surface area contributed by atoms with Crippen LogP contribution in [-0.4, -0.2) is 63.1 Å². The summed E-state index contributed by atoms with van der Waals surface area (Å²) in [6, 6.07) is 2.94. The molecule has 2 aromatic rings. The number of aromatic nitrogens is 3. The number of carbonyl (C=O) groups is 1. The summed E-state index contributed by atoms with van der Waals surface area (Å²) in [4.78, 5) is 28.1. The normalized spacial score (nSPS) is 20.1. The second kappa shape index (κ2) is 7.33. The molecule has 0 aliphatic carbocycles. The zero-order valence-electron chi connectivity index (χ0n) is 14.9. The van der Waals surface area contributed by atoms with Crippen molar-refractivity contribution in [2.45, 2.75) is 25.4 Å². The van der Waals surface area contributed by atoms with E-state index in [4.69, 9.17) is 0 Å². The van der Waals surface area contributed by atoms with Gasteiger partial charge in [-0.25, -0.2) is 14.4 Å². The summed E-state index contributed by atoms with van der Waals surface area (Å²) in [5, 5.41) is 11.0. The van der Waals surface area contributed by atoms with Gasteiger partial charge in [0.15, 0.2) is 0 Å². The smallest absolute Gasteiger partial charge is 0.273 e. The van der Waals surface area contributed by atoms with Crippen LogP contribution in [0.1, 0.15) is 29.0 Å². The predicted molar refractivity (Wildman–Crippen MR) is 94.3 cm³/mol. The Morgan fingerprint density at radius 2 is 2.12 bits per heavy atom. The van der Waals surface area contributed by atoms with E-state index in [1.54, 1.807) is 26.2 Å². The minimum absolute atomic E-state index is 0.166. The van der Waals surface area contributed by atoms with Crippen LogP contribution in [-0.2, 0) is 0 Å². The van der Waals surface area contributed by atoms with Crippen molar-refractivity contribution in [3.05, 3.63) is 47.9 Å². The monoisotopic (exact) mass is 359 g/mol. The number of hydrogen-bond acceptors (Lipinski definition) is 6. The van der Waals surface area contributed by atoms with E-state index in [1.165, 1.54) is 17.2 Å². The molecule has 0 aromatic carbocycles. The lowest BCUT2D eigenvalue weighted by Crippen LogP contribution is -2.55. The summed E-state index contributed by atoms with van der Waals surface area (Å²) in [6.07, 6.45) is 5.46. The van der Waals surface area contributed by atoms with Gasteiger partial charge < -0.3 is 14.9 Å². The molecule has 1 saturated heterocycles. The summed E-state index contributed by atoms with van der Waals surface area (Å²) in [6.45, 7) is 3.01. The third-order valence-corrected chi connectivity index (χ3v) is 4.47. The van der Waals surface area contributed by atoms with Gasteiger partial charge in [0, 0.05) is 26.3 Å². The molecule has 0 saturated carbocycles. The van der Waals surface area contributed by atoms with Gasteiger partial charge in [0.05, 0.1) is 30.2 Å². The molecule has 1 fully saturated rings. The predicted octanol–water partition coefficient (Wildman–Crippen LogP) is 1.42. The van der Waals surface area contributed by atoms with Crippen molar-refractivity contribution in [3.8, 4) is 0 Å². The van der Waals surface area contributed by atoms with Crippen molar-refractivity contribution >= 4 is 11.7 Å². The van der Waals surface area contributed by atoms with Crippen molar-refractivity contribution in [2.75, 3.05) is 31.6 Å². The summed E-state index contributed by atoms with van der Waals surface area (Å²) in [7, 11) is 1.64. The Balaban J connectivity index is 1.68. The van der Waals surface area contributed by atoms with Crippen LogP contribution in [0.2, 0.25) is 0 Å². The van der Waals surface area contributed by atoms with Crippen LogP contribution in [0.4, 0.5) is 10.2 Å². The molecule has 8 heteroatoms. The highest BCUT2D eigenvalue weighted by atomic mass is 19.1. The first-order valence-corrected chi connectivity index (χ1v) is 8.49. The molecule has 3 rings (SSSR count). The molecule has 0 spiro atoms. The lowest BCUT2D eigenvalue weighted by molar-refractivity contribution is -0.000294. The zero-order chi connectivity index (χ0) is 18.7. The highest BCUT2D eigenvalue weighted by Gasteiger charge is 2.36. The fourth-order valence-electron chi connectivity index (χ4n) is 3.20. The number of piperidine rings is 1. The zero-order valence-corrected chi connectivity index (χ0v) is 14.9. The van der Waals surface area contributed by atoms with Gasteiger partial charge in [-0.3, -0.25) is 9.78 Å². The first-order valence-electron chi connectivity index (χ1n) is 8.49. The number of β-amino-alcohol motifs (C(OH)–C–C–N with tert-alkyl or cyclic N) is 1. The van der Waals surface area contributed by atoms with Crippen LogP contribution in [0.15, 0.2) is 30.7 Å². The maximum absolute atomic E-state index is 13.1. The molecule has 1 amide bonds. The molecular formula is C18H22FN5O2. The fraction of sp³-hybridized carbons (Fsp3) is 0.444. The first-order chi connectivity index (χ1) is 12.4. The number of nitrogens with zero attached hydrogens (tertiary/aromatic N) is 5. The molecule has 26 heavy (non-hydrogen) atoms. The minimum atomic E-state index is -1.07. The molecule has 7 nitrogen and oxygen atoms in total. The molecule has 1 aliphatic heterocycles. The van der Waals surface area contributed by atoms with Crippen LogP contribution in [0.5, 0.6) is 0 Å². The van der Waals surface area contributed by atoms with E-state index >= 15 is 0 Å². The standard InChI is InChI=1S/C18H22FN5O2/c1-13-8-21-15(10-20-13)17(25)23(2)11-18(26)6-3-7-24(12-18)16-5-4-14(19)9-22-16/h4-5,8-10,26H,3,6-7,11-12H2,1-2H3/t18-/m0/s1. The SMILES string of the molecule is Cc1cnc(C(=O)N(C)C[C@@]2(O)CCCN(c3ccc(F)cn3)C2)cn1. The number of carbonyl (C=O) groups excluding carboxylic acids is 1. The van der Waals surface area contributed by atoms with Gasteiger partial charge in [-0.15, -0.1) is 0 Å². The highest BCUT2D eigenvalue weighted by molar-refractivity contribution is 5.91. The molecule has 1 aliphatic rings. The van der Waals surface area contributed by atoms with E-state index in [2.05, 4.69) is 15.0 Å². The summed E-state index contributed by atoms with van der Waals surface area (Å²) in [5.41, 5.74) is -0.0938. The second-order valence-electron chi connectivity index (χ2n) is 6.79. The maximum Gasteiger partial charge on any atom is 0.273 e. The molecule has 138 valence electrons. The third kappa shape index (κ3) is 4.13. The molecular weight excluding hydrogens is 337 g/mol. The van der Waals surface area contributed by atoms with Gasteiger partial charge in [-0.2, -0.15) is 0 Å². The molecule has 0 bridgehead atoms. The molecule has 0 unspecified atom stereocenters. The lowest BCUT2D eigenvalue weighted by atomic mass is 9.92. The summed E-state index contributed by atoms with van der Waals surface area (Å²) < 4.78 is 13.1. The number of rotatable bonds is 4. The minimum Gasteiger partial charge on any atom is -0.386 e. The average molecular weight is 359 g/mol. The van der Waals surface area contributed by atoms with Gasteiger partial charge in [0.1, 0.15) is 17.3 Å². The Morgan fingerprint density at radius 1 is 1.31 bits per heavy atom. The average Bonchev–Trinajstić information content (AvgIpc) is 2.62. The van der Waals surface area contributed by atoms with E-state index in [-0.39, 0.29) is 18.1 Å². The van der Waals surface area contributed by atoms with Gasteiger partial charge in [-0.1, -0.05) is 0 Å². The second-order valence-corrected chi connectivity index (χ2v) is 6.79. The van der Waals surface area contributed by atoms with E-state index in [1.807, 2.05) is 4.90 Å². The van der Waals surface area contributed by atoms with Crippen LogP contribution in [0, 0.1) is 12.7 Å². The largest absolute Gasteiger partial charge is 0.386 e. The third-order valence-electron chi connectivity index (χ3n) is 4.47. The van der Waals surface area contributed by atoms with Crippen molar-refractivity contribution < 1.29 is 14.3 Å². The summed E-state index contributed by atoms with van der Waals surface area (Å²) >= 11 is 0. The Bertz CT molecular complexity index is 768. The van der Waals surface area contributed by atoms with E-state index < -0.39 is 11.4 Å². The van der Waals surface area contributed by atoms with Crippen molar-refractivity contribution in [2.24, 2.45) is 0 Å². The highest BCUT2D eigenvalue weighted by Crippen LogP contribution is 2.26. The van der Waals surface area contributed by atoms with Crippen molar-refractivity contribution in [1.29, 1.82) is 0 Å². The number of amides is 1. The van der Waals surface area contributed by atoms with Crippen LogP contribution in [0.25, 0.3) is 0 Å².